The van der Waals surface area contributed by atoms with E-state index in [1.807, 2.05) is 12.1 Å². The molecule has 0 unspecified atom stereocenters. The highest BCUT2D eigenvalue weighted by molar-refractivity contribution is 14.1. The molecule has 5 nitrogen and oxygen atoms in total. The van der Waals surface area contributed by atoms with Crippen molar-refractivity contribution in [3.05, 3.63) is 70.1 Å². The molecule has 1 heterocycles. The number of nitrogens with one attached hydrogen (secondary N) is 1. The smallest absolute Gasteiger partial charge is 0.255 e. The summed E-state index contributed by atoms with van der Waals surface area (Å²) in [6.45, 7) is 0. The van der Waals surface area contributed by atoms with Gasteiger partial charge in [0.1, 0.15) is 5.75 Å². The van der Waals surface area contributed by atoms with Crippen LogP contribution in [0.15, 0.2) is 60.9 Å². The first-order valence-electron chi connectivity index (χ1n) is 6.80. The van der Waals surface area contributed by atoms with Crippen LogP contribution in [-0.4, -0.2) is 21.0 Å². The molecule has 3 rings (SSSR count). The number of rotatable bonds is 3. The molecule has 0 fully saturated rings. The number of hydrogen-bond donors (Lipinski definition) is 2. The largest absolute Gasteiger partial charge is 0.508 e. The molecule has 2 aromatic carbocycles. The van der Waals surface area contributed by atoms with Crippen molar-refractivity contribution in [2.45, 2.75) is 0 Å². The molecule has 6 heteroatoms. The summed E-state index contributed by atoms with van der Waals surface area (Å²) in [6.07, 6.45) is 3.08. The van der Waals surface area contributed by atoms with E-state index in [0.29, 0.717) is 22.6 Å². The van der Waals surface area contributed by atoms with Crippen LogP contribution in [0.4, 0.5) is 5.69 Å². The minimum Gasteiger partial charge on any atom is -0.508 e. The van der Waals surface area contributed by atoms with Gasteiger partial charge in [0.25, 0.3) is 5.91 Å². The molecule has 0 atom stereocenters. The fourth-order valence-corrected chi connectivity index (χ4v) is 2.35. The Balaban J connectivity index is 1.75. The van der Waals surface area contributed by atoms with Crippen molar-refractivity contribution < 1.29 is 9.90 Å². The number of hydrogen-bond acceptors (Lipinski definition) is 4. The van der Waals surface area contributed by atoms with Gasteiger partial charge in [-0.15, -0.1) is 0 Å². The molecule has 114 valence electrons. The van der Waals surface area contributed by atoms with E-state index in [0.717, 1.165) is 3.57 Å². The SMILES string of the molecule is O=C(Nc1cnc(-c2cccc(O)c2)nc1)c1ccc(I)cc1. The zero-order valence-corrected chi connectivity index (χ0v) is 14.1. The Kier molecular flexibility index (Phi) is 4.52. The Labute approximate surface area is 146 Å². The van der Waals surface area contributed by atoms with Gasteiger partial charge in [-0.05, 0) is 59.0 Å². The van der Waals surface area contributed by atoms with E-state index in [4.69, 9.17) is 0 Å². The summed E-state index contributed by atoms with van der Waals surface area (Å²) in [4.78, 5) is 20.5. The van der Waals surface area contributed by atoms with Crippen LogP contribution in [0.25, 0.3) is 11.4 Å². The van der Waals surface area contributed by atoms with Gasteiger partial charge in [-0.2, -0.15) is 0 Å². The topological polar surface area (TPSA) is 75.1 Å². The highest BCUT2D eigenvalue weighted by Crippen LogP contribution is 2.20. The average Bonchev–Trinajstić information content (AvgIpc) is 2.56. The summed E-state index contributed by atoms with van der Waals surface area (Å²) in [6, 6.07) is 14.0. The van der Waals surface area contributed by atoms with Crippen LogP contribution in [0.3, 0.4) is 0 Å². The standard InChI is InChI=1S/C17H12IN3O2/c18-13-6-4-11(5-7-13)17(23)21-14-9-19-16(20-10-14)12-2-1-3-15(22)8-12/h1-10,22H,(H,21,23). The second-order valence-electron chi connectivity index (χ2n) is 4.81. The first-order valence-corrected chi connectivity index (χ1v) is 7.88. The van der Waals surface area contributed by atoms with Gasteiger partial charge in [-0.1, -0.05) is 12.1 Å². The number of phenols is 1. The molecule has 0 radical (unpaired) electrons. The minimum absolute atomic E-state index is 0.155. The lowest BCUT2D eigenvalue weighted by Gasteiger charge is -2.06. The minimum atomic E-state index is -0.213. The number of aromatic nitrogens is 2. The molecule has 0 aliphatic heterocycles. The molecule has 1 aromatic heterocycles. The van der Waals surface area contributed by atoms with Gasteiger partial charge >= 0.3 is 0 Å². The Hall–Kier alpha value is -2.48. The van der Waals surface area contributed by atoms with E-state index < -0.39 is 0 Å². The Morgan fingerprint density at radius 2 is 1.74 bits per heavy atom. The Bertz CT molecular complexity index is 833. The van der Waals surface area contributed by atoms with E-state index in [2.05, 4.69) is 37.9 Å². The molecule has 0 bridgehead atoms. The maximum atomic E-state index is 12.1. The van der Waals surface area contributed by atoms with Gasteiger partial charge in [-0.25, -0.2) is 9.97 Å². The van der Waals surface area contributed by atoms with Gasteiger partial charge in [-0.3, -0.25) is 4.79 Å². The lowest BCUT2D eigenvalue weighted by molar-refractivity contribution is 0.102. The van der Waals surface area contributed by atoms with Gasteiger partial charge in [0.15, 0.2) is 5.82 Å². The van der Waals surface area contributed by atoms with Crippen molar-refractivity contribution in [3.8, 4) is 17.1 Å². The van der Waals surface area contributed by atoms with E-state index in [9.17, 15) is 9.90 Å². The van der Waals surface area contributed by atoms with Crippen LogP contribution < -0.4 is 5.32 Å². The number of halogens is 1. The number of phenolic OH excluding ortho intramolecular Hbond substituents is 1. The number of aromatic hydroxyl groups is 1. The number of nitrogens with zero attached hydrogens (tertiary/aromatic N) is 2. The fourth-order valence-electron chi connectivity index (χ4n) is 1.99. The predicted molar refractivity (Wildman–Crippen MR) is 96.2 cm³/mol. The first kappa shape index (κ1) is 15.4. The summed E-state index contributed by atoms with van der Waals surface area (Å²) in [5, 5.41) is 12.2. The maximum absolute atomic E-state index is 12.1. The quantitative estimate of drug-likeness (QED) is 0.638. The van der Waals surface area contributed by atoms with Crippen LogP contribution in [0, 0.1) is 3.57 Å². The third kappa shape index (κ3) is 3.84. The summed E-state index contributed by atoms with van der Waals surface area (Å²) in [5.74, 6) is 0.422. The van der Waals surface area contributed by atoms with Crippen molar-refractivity contribution in [1.82, 2.24) is 9.97 Å². The van der Waals surface area contributed by atoms with Crippen molar-refractivity contribution in [3.63, 3.8) is 0 Å². The summed E-state index contributed by atoms with van der Waals surface area (Å²) < 4.78 is 1.07. The highest BCUT2D eigenvalue weighted by atomic mass is 127. The summed E-state index contributed by atoms with van der Waals surface area (Å²) >= 11 is 2.19. The van der Waals surface area contributed by atoms with E-state index >= 15 is 0 Å². The number of carbonyl (C=O) groups is 1. The van der Waals surface area contributed by atoms with Crippen LogP contribution in [0.1, 0.15) is 10.4 Å². The predicted octanol–water partition coefficient (Wildman–Crippen LogP) is 3.71. The zero-order chi connectivity index (χ0) is 16.2. The zero-order valence-electron chi connectivity index (χ0n) is 11.9. The number of amides is 1. The van der Waals surface area contributed by atoms with Crippen LogP contribution in [0.2, 0.25) is 0 Å². The molecule has 0 aliphatic carbocycles. The molecule has 0 aliphatic rings. The lowest BCUT2D eigenvalue weighted by atomic mass is 10.2. The second kappa shape index (κ2) is 6.74. The monoisotopic (exact) mass is 417 g/mol. The van der Waals surface area contributed by atoms with Gasteiger partial charge in [0.2, 0.25) is 0 Å². The van der Waals surface area contributed by atoms with Crippen LogP contribution in [0.5, 0.6) is 5.75 Å². The normalized spacial score (nSPS) is 10.3. The molecular formula is C17H12IN3O2. The Morgan fingerprint density at radius 3 is 2.39 bits per heavy atom. The van der Waals surface area contributed by atoms with Crippen molar-refractivity contribution in [1.29, 1.82) is 0 Å². The fraction of sp³-hybridized carbons (Fsp3) is 0. The Morgan fingerprint density at radius 1 is 1.04 bits per heavy atom. The second-order valence-corrected chi connectivity index (χ2v) is 6.05. The molecular weight excluding hydrogens is 405 g/mol. The molecule has 1 amide bonds. The average molecular weight is 417 g/mol. The summed E-state index contributed by atoms with van der Waals surface area (Å²) in [7, 11) is 0. The van der Waals surface area contributed by atoms with E-state index in [-0.39, 0.29) is 11.7 Å². The van der Waals surface area contributed by atoms with Gasteiger partial charge in [0.05, 0.1) is 18.1 Å². The molecule has 23 heavy (non-hydrogen) atoms. The first-order chi connectivity index (χ1) is 11.1. The maximum Gasteiger partial charge on any atom is 0.255 e. The molecule has 0 saturated heterocycles. The van der Waals surface area contributed by atoms with Gasteiger partial charge in [0, 0.05) is 14.7 Å². The van der Waals surface area contributed by atoms with Crippen molar-refractivity contribution in [2.75, 3.05) is 5.32 Å². The number of benzene rings is 2. The third-order valence-electron chi connectivity index (χ3n) is 3.12. The van der Waals surface area contributed by atoms with Crippen molar-refractivity contribution in [2.24, 2.45) is 0 Å². The van der Waals surface area contributed by atoms with E-state index in [1.165, 1.54) is 12.4 Å². The third-order valence-corrected chi connectivity index (χ3v) is 3.84. The van der Waals surface area contributed by atoms with E-state index in [1.54, 1.807) is 36.4 Å². The molecule has 3 aromatic rings. The van der Waals surface area contributed by atoms with Crippen LogP contribution in [-0.2, 0) is 0 Å². The van der Waals surface area contributed by atoms with Gasteiger partial charge < -0.3 is 10.4 Å². The molecule has 0 saturated carbocycles. The van der Waals surface area contributed by atoms with Crippen LogP contribution >= 0.6 is 22.6 Å². The molecule has 2 N–H and O–H groups in total. The lowest BCUT2D eigenvalue weighted by Crippen LogP contribution is -2.12. The van der Waals surface area contributed by atoms with Crippen molar-refractivity contribution >= 4 is 34.2 Å². The summed E-state index contributed by atoms with van der Waals surface area (Å²) in [5.41, 5.74) is 1.79. The number of anilines is 1. The number of carbonyl (C=O) groups excluding carboxylic acids is 1. The highest BCUT2D eigenvalue weighted by Gasteiger charge is 2.07. The molecule has 0 spiro atoms.